The Kier molecular flexibility index (Phi) is 5.18. The van der Waals surface area contributed by atoms with Crippen LogP contribution < -0.4 is 0 Å². The highest BCUT2D eigenvalue weighted by molar-refractivity contribution is 6.00. The molecule has 0 amide bonds. The molecule has 0 aliphatic heterocycles. The average molecular weight is 346 g/mol. The van der Waals surface area contributed by atoms with E-state index in [0.717, 1.165) is 24.3 Å². The maximum atomic E-state index is 12.1. The van der Waals surface area contributed by atoms with Crippen molar-refractivity contribution in [1.29, 1.82) is 0 Å². The van der Waals surface area contributed by atoms with Crippen LogP contribution in [0.15, 0.2) is 41.7 Å². The third-order valence-corrected chi connectivity index (χ3v) is 3.36. The number of nitroso groups, excluding NO2 is 1. The number of benzene rings is 2. The predicted molar refractivity (Wildman–Crippen MR) is 85.6 cm³/mol. The summed E-state index contributed by atoms with van der Waals surface area (Å²) in [4.78, 5) is 35.0. The zero-order valence-corrected chi connectivity index (χ0v) is 12.8. The molecule has 0 fully saturated rings. The summed E-state index contributed by atoms with van der Waals surface area (Å²) in [5, 5.41) is 40.5. The molecule has 130 valence electrons. The topological polar surface area (TPSA) is 148 Å². The monoisotopic (exact) mass is 346 g/mol. The van der Waals surface area contributed by atoms with Gasteiger partial charge in [0.05, 0.1) is 5.29 Å². The largest absolute Gasteiger partial charge is 0.504 e. The number of hydrogen-bond acceptors (Lipinski definition) is 8. The zero-order valence-electron chi connectivity index (χ0n) is 12.8. The maximum Gasteiger partial charge on any atom is 0.184 e. The van der Waals surface area contributed by atoms with Gasteiger partial charge < -0.3 is 20.4 Å². The summed E-state index contributed by atoms with van der Waals surface area (Å²) in [5.74, 6) is -2.99. The first-order valence-corrected chi connectivity index (χ1v) is 7.00. The predicted octanol–water partition coefficient (Wildman–Crippen LogP) is 1.56. The van der Waals surface area contributed by atoms with Gasteiger partial charge in [0.2, 0.25) is 0 Å². The summed E-state index contributed by atoms with van der Waals surface area (Å²) in [6, 6.07) is 6.79. The van der Waals surface area contributed by atoms with Crippen LogP contribution in [0.4, 0.5) is 0 Å². The summed E-state index contributed by atoms with van der Waals surface area (Å²) in [6.45, 7) is -1.05. The number of carbonyl (C=O) groups excluding carboxylic acids is 2. The second kappa shape index (κ2) is 7.30. The lowest BCUT2D eigenvalue weighted by molar-refractivity contribution is 0.0872. The molecule has 0 heterocycles. The summed E-state index contributed by atoms with van der Waals surface area (Å²) in [6.07, 6.45) is 0. The van der Waals surface area contributed by atoms with Crippen LogP contribution in [-0.2, 0) is 0 Å². The second-order valence-electron chi connectivity index (χ2n) is 5.16. The van der Waals surface area contributed by atoms with Gasteiger partial charge in [-0.2, -0.15) is 0 Å². The molecule has 25 heavy (non-hydrogen) atoms. The van der Waals surface area contributed by atoms with Crippen molar-refractivity contribution in [3.8, 4) is 23.0 Å². The molecular weight excluding hydrogens is 332 g/mol. The lowest BCUT2D eigenvalue weighted by Crippen LogP contribution is -2.30. The van der Waals surface area contributed by atoms with Crippen molar-refractivity contribution in [3.05, 3.63) is 52.4 Å². The van der Waals surface area contributed by atoms with Crippen molar-refractivity contribution >= 4 is 11.6 Å². The van der Waals surface area contributed by atoms with Crippen LogP contribution in [0.1, 0.15) is 20.7 Å². The Labute approximate surface area is 141 Å². The standard InChI is InChI=1S/C16H14N2O7/c19-11-3-1-9(5-13(11)21)15(23)7-18(17-25)8-16(24)10-2-4-12(20)14(22)6-10/h1-6,19-22H,7-8H2. The molecule has 0 aliphatic rings. The van der Waals surface area contributed by atoms with E-state index in [-0.39, 0.29) is 11.1 Å². The quantitative estimate of drug-likeness (QED) is 0.255. The number of phenols is 4. The summed E-state index contributed by atoms with van der Waals surface area (Å²) < 4.78 is 0. The molecule has 2 rings (SSSR count). The van der Waals surface area contributed by atoms with Crippen LogP contribution in [0.2, 0.25) is 0 Å². The lowest BCUT2D eigenvalue weighted by Gasteiger charge is -2.14. The van der Waals surface area contributed by atoms with Crippen molar-refractivity contribution in [2.45, 2.75) is 0 Å². The molecule has 9 heteroatoms. The van der Waals surface area contributed by atoms with Crippen LogP contribution in [0.25, 0.3) is 0 Å². The van der Waals surface area contributed by atoms with E-state index in [1.807, 2.05) is 0 Å². The Morgan fingerprint density at radius 2 is 1.16 bits per heavy atom. The second-order valence-corrected chi connectivity index (χ2v) is 5.16. The maximum absolute atomic E-state index is 12.1. The molecule has 0 saturated carbocycles. The van der Waals surface area contributed by atoms with E-state index in [2.05, 4.69) is 5.29 Å². The lowest BCUT2D eigenvalue weighted by atomic mass is 10.1. The minimum Gasteiger partial charge on any atom is -0.504 e. The Hall–Kier alpha value is -3.62. The fourth-order valence-corrected chi connectivity index (χ4v) is 2.02. The van der Waals surface area contributed by atoms with E-state index in [1.54, 1.807) is 0 Å². The molecule has 0 spiro atoms. The molecule has 2 aromatic carbocycles. The van der Waals surface area contributed by atoms with Gasteiger partial charge in [0.25, 0.3) is 0 Å². The van der Waals surface area contributed by atoms with Gasteiger partial charge in [0.1, 0.15) is 13.1 Å². The van der Waals surface area contributed by atoms with Crippen molar-refractivity contribution < 1.29 is 30.0 Å². The van der Waals surface area contributed by atoms with Crippen LogP contribution in [0.3, 0.4) is 0 Å². The molecule has 9 nitrogen and oxygen atoms in total. The highest BCUT2D eigenvalue weighted by atomic mass is 16.3. The van der Waals surface area contributed by atoms with Crippen LogP contribution >= 0.6 is 0 Å². The van der Waals surface area contributed by atoms with Crippen molar-refractivity contribution in [2.24, 2.45) is 5.29 Å². The molecule has 4 N–H and O–H groups in total. The van der Waals surface area contributed by atoms with E-state index >= 15 is 0 Å². The zero-order chi connectivity index (χ0) is 18.6. The number of hydrogen-bond donors (Lipinski definition) is 4. The fraction of sp³-hybridized carbons (Fsp3) is 0.125. The molecule has 0 saturated heterocycles. The number of rotatable bonds is 7. The first kappa shape index (κ1) is 17.7. The summed E-state index contributed by atoms with van der Waals surface area (Å²) in [7, 11) is 0. The van der Waals surface area contributed by atoms with Gasteiger partial charge in [0, 0.05) is 11.1 Å². The van der Waals surface area contributed by atoms with Crippen LogP contribution in [0, 0.1) is 4.91 Å². The molecule has 0 aromatic heterocycles. The van der Waals surface area contributed by atoms with E-state index in [1.165, 1.54) is 12.1 Å². The van der Waals surface area contributed by atoms with Crippen molar-refractivity contribution in [1.82, 2.24) is 5.01 Å². The van der Waals surface area contributed by atoms with Crippen LogP contribution in [0.5, 0.6) is 23.0 Å². The minimum atomic E-state index is -0.601. The molecule has 0 radical (unpaired) electrons. The number of phenolic OH excluding ortho intramolecular Hbond substituents is 4. The number of Topliss-reactive ketones (excluding diaryl/α,β-unsaturated/α-hetero) is 2. The Bertz CT molecular complexity index is 770. The molecule has 0 atom stereocenters. The van der Waals surface area contributed by atoms with Crippen LogP contribution in [-0.4, -0.2) is 50.1 Å². The number of nitrogens with zero attached hydrogens (tertiary/aromatic N) is 2. The van der Waals surface area contributed by atoms with Gasteiger partial charge in [-0.1, -0.05) is 0 Å². The number of aromatic hydroxyl groups is 4. The van der Waals surface area contributed by atoms with Gasteiger partial charge in [-0.25, -0.2) is 5.01 Å². The van der Waals surface area contributed by atoms with Gasteiger partial charge in [-0.15, -0.1) is 4.91 Å². The molecule has 2 aromatic rings. The smallest absolute Gasteiger partial charge is 0.184 e. The Balaban J connectivity index is 2.07. The first-order valence-electron chi connectivity index (χ1n) is 7.00. The molecular formula is C16H14N2O7. The summed E-state index contributed by atoms with van der Waals surface area (Å²) >= 11 is 0. The van der Waals surface area contributed by atoms with Gasteiger partial charge in [-0.05, 0) is 36.4 Å². The highest BCUT2D eigenvalue weighted by Gasteiger charge is 2.18. The van der Waals surface area contributed by atoms with E-state index in [9.17, 15) is 34.9 Å². The number of carbonyl (C=O) groups is 2. The van der Waals surface area contributed by atoms with E-state index < -0.39 is 47.7 Å². The van der Waals surface area contributed by atoms with E-state index in [0.29, 0.717) is 5.01 Å². The van der Waals surface area contributed by atoms with Gasteiger partial charge in [-0.3, -0.25) is 9.59 Å². The van der Waals surface area contributed by atoms with E-state index in [4.69, 9.17) is 0 Å². The SMILES string of the molecule is O=NN(CC(=O)c1ccc(O)c(O)c1)CC(=O)c1ccc(O)c(O)c1. The Morgan fingerprint density at radius 3 is 1.48 bits per heavy atom. The third-order valence-electron chi connectivity index (χ3n) is 3.36. The molecule has 0 aliphatic carbocycles. The first-order chi connectivity index (χ1) is 11.8. The van der Waals surface area contributed by atoms with Crippen molar-refractivity contribution in [2.75, 3.05) is 13.1 Å². The number of ketones is 2. The third kappa shape index (κ3) is 4.22. The Morgan fingerprint density at radius 1 is 0.760 bits per heavy atom. The van der Waals surface area contributed by atoms with Gasteiger partial charge >= 0.3 is 0 Å². The van der Waals surface area contributed by atoms with Gasteiger partial charge in [0.15, 0.2) is 34.6 Å². The summed E-state index contributed by atoms with van der Waals surface area (Å²) in [5.41, 5.74) is 0.0531. The normalized spacial score (nSPS) is 10.2. The average Bonchev–Trinajstić information content (AvgIpc) is 2.58. The van der Waals surface area contributed by atoms with Crippen molar-refractivity contribution in [3.63, 3.8) is 0 Å². The fourth-order valence-electron chi connectivity index (χ4n) is 2.02. The molecule has 0 unspecified atom stereocenters. The minimum absolute atomic E-state index is 0.0266. The molecule has 0 bridgehead atoms. The highest BCUT2D eigenvalue weighted by Crippen LogP contribution is 2.26.